The van der Waals surface area contributed by atoms with E-state index in [1.165, 1.54) is 81.9 Å². The molecule has 0 amide bonds. The summed E-state index contributed by atoms with van der Waals surface area (Å²) in [6, 6.07) is 11.4. The molecule has 0 heterocycles. The predicted molar refractivity (Wildman–Crippen MR) is 138 cm³/mol. The molecule has 1 atom stereocenters. The van der Waals surface area contributed by atoms with Gasteiger partial charge in [0.1, 0.15) is 0 Å². The Kier molecular flexibility index (Phi) is 7.60. The summed E-state index contributed by atoms with van der Waals surface area (Å²) in [5, 5.41) is 0.134. The highest BCUT2D eigenvalue weighted by Gasteiger charge is 2.51. The highest BCUT2D eigenvalue weighted by molar-refractivity contribution is 7.61. The normalized spacial score (nSPS) is 26.1. The summed E-state index contributed by atoms with van der Waals surface area (Å²) in [7, 11) is 9.08. The molecular formula is C28H43N2P. The van der Waals surface area contributed by atoms with Crippen LogP contribution in [0.1, 0.15) is 76.2 Å². The molecule has 3 aliphatic rings. The lowest BCUT2D eigenvalue weighted by Gasteiger charge is -2.56. The van der Waals surface area contributed by atoms with Crippen LogP contribution in [-0.4, -0.2) is 54.6 Å². The van der Waals surface area contributed by atoms with Crippen LogP contribution in [0, 0.1) is 0 Å². The quantitative estimate of drug-likeness (QED) is 0.429. The Morgan fingerprint density at radius 1 is 0.774 bits per heavy atom. The molecule has 1 unspecified atom stereocenters. The first-order valence-corrected chi connectivity index (χ1v) is 14.1. The number of hydrogen-bond acceptors (Lipinski definition) is 2. The Morgan fingerprint density at radius 2 is 1.32 bits per heavy atom. The number of hydrogen-bond donors (Lipinski definition) is 0. The van der Waals surface area contributed by atoms with Gasteiger partial charge in [-0.3, -0.25) is 4.90 Å². The first-order valence-electron chi connectivity index (χ1n) is 12.7. The maximum Gasteiger partial charge on any atom is 0.0719 e. The molecule has 0 aromatic heterocycles. The average Bonchev–Trinajstić information content (AvgIpc) is 2.81. The van der Waals surface area contributed by atoms with Crippen molar-refractivity contribution in [2.24, 2.45) is 0 Å². The maximum atomic E-state index is 2.66. The minimum absolute atomic E-state index is 0.134. The van der Waals surface area contributed by atoms with E-state index in [9.17, 15) is 0 Å². The Labute approximate surface area is 192 Å². The molecular weight excluding hydrogens is 395 g/mol. The van der Waals surface area contributed by atoms with Crippen LogP contribution in [0.5, 0.6) is 0 Å². The third-order valence-corrected chi connectivity index (χ3v) is 12.2. The van der Waals surface area contributed by atoms with Gasteiger partial charge in [0.15, 0.2) is 0 Å². The number of likely N-dealkylation sites (N-methyl/N-ethyl adjacent to an activating group) is 2. The van der Waals surface area contributed by atoms with E-state index in [1.54, 1.807) is 5.57 Å². The Balaban J connectivity index is 1.92. The van der Waals surface area contributed by atoms with E-state index in [1.807, 2.05) is 0 Å². The number of nitrogens with zero attached hydrogens (tertiary/aromatic N) is 2. The fraction of sp³-hybridized carbons (Fsp3) is 0.643. The minimum Gasteiger partial charge on any atom is -0.377 e. The van der Waals surface area contributed by atoms with Crippen molar-refractivity contribution in [1.29, 1.82) is 0 Å². The van der Waals surface area contributed by atoms with Crippen molar-refractivity contribution in [2.75, 3.05) is 28.2 Å². The molecule has 1 aromatic rings. The summed E-state index contributed by atoms with van der Waals surface area (Å²) in [5.41, 5.74) is 6.30. The Hall–Kier alpha value is -1.11. The maximum absolute atomic E-state index is 2.66. The van der Waals surface area contributed by atoms with Gasteiger partial charge in [0.2, 0.25) is 0 Å². The summed E-state index contributed by atoms with van der Waals surface area (Å²) in [6.07, 6.45) is 20.6. The molecule has 170 valence electrons. The van der Waals surface area contributed by atoms with Gasteiger partial charge >= 0.3 is 0 Å². The molecule has 0 radical (unpaired) electrons. The molecule has 31 heavy (non-hydrogen) atoms. The lowest BCUT2D eigenvalue weighted by atomic mass is 9.88. The smallest absolute Gasteiger partial charge is 0.0719 e. The molecule has 2 saturated carbocycles. The Bertz CT molecular complexity index is 751. The largest absolute Gasteiger partial charge is 0.377 e. The predicted octanol–water partition coefficient (Wildman–Crippen LogP) is 7.32. The van der Waals surface area contributed by atoms with Gasteiger partial charge in [0, 0.05) is 25.4 Å². The second kappa shape index (κ2) is 10.2. The Morgan fingerprint density at radius 3 is 1.81 bits per heavy atom. The summed E-state index contributed by atoms with van der Waals surface area (Å²) in [4.78, 5) is 5.03. The van der Waals surface area contributed by atoms with Gasteiger partial charge < -0.3 is 4.90 Å². The average molecular weight is 439 g/mol. The molecule has 0 bridgehead atoms. The van der Waals surface area contributed by atoms with Crippen molar-refractivity contribution in [3.8, 4) is 0 Å². The van der Waals surface area contributed by atoms with Crippen LogP contribution >= 0.6 is 7.92 Å². The molecule has 3 aliphatic carbocycles. The van der Waals surface area contributed by atoms with Gasteiger partial charge in [-0.15, -0.1) is 0 Å². The second-order valence-electron chi connectivity index (χ2n) is 10.3. The van der Waals surface area contributed by atoms with Crippen molar-refractivity contribution in [1.82, 2.24) is 9.80 Å². The van der Waals surface area contributed by atoms with Crippen molar-refractivity contribution in [3.63, 3.8) is 0 Å². The van der Waals surface area contributed by atoms with Gasteiger partial charge in [-0.1, -0.05) is 82.9 Å². The summed E-state index contributed by atoms with van der Waals surface area (Å²) < 4.78 is 0. The fourth-order valence-electron chi connectivity index (χ4n) is 6.57. The molecule has 0 saturated heterocycles. The van der Waals surface area contributed by atoms with E-state index in [-0.39, 0.29) is 13.2 Å². The first-order chi connectivity index (χ1) is 15.1. The van der Waals surface area contributed by atoms with Crippen LogP contribution in [0.2, 0.25) is 0 Å². The lowest BCUT2D eigenvalue weighted by molar-refractivity contribution is 0.298. The number of rotatable bonds is 6. The van der Waals surface area contributed by atoms with Gasteiger partial charge in [-0.05, 0) is 69.2 Å². The highest BCUT2D eigenvalue weighted by atomic mass is 31.1. The molecule has 3 heteroatoms. The van der Waals surface area contributed by atoms with Crippen molar-refractivity contribution >= 4 is 13.5 Å². The van der Waals surface area contributed by atoms with Gasteiger partial charge in [-0.25, -0.2) is 0 Å². The SMILES string of the molecule is CN(C)C1=C(c2ccccc2)C(N(C)C)(P(C2CCCCC2)C2CCCCC2)CC=C1. The molecule has 1 aromatic carbocycles. The van der Waals surface area contributed by atoms with E-state index in [0.29, 0.717) is 0 Å². The van der Waals surface area contributed by atoms with E-state index in [4.69, 9.17) is 0 Å². The van der Waals surface area contributed by atoms with Crippen molar-refractivity contribution in [2.45, 2.75) is 87.2 Å². The van der Waals surface area contributed by atoms with Crippen LogP contribution in [-0.2, 0) is 0 Å². The number of benzene rings is 1. The second-order valence-corrected chi connectivity index (χ2v) is 13.3. The van der Waals surface area contributed by atoms with Crippen LogP contribution in [0.15, 0.2) is 48.2 Å². The lowest BCUT2D eigenvalue weighted by Crippen LogP contribution is -2.49. The molecule has 0 aliphatic heterocycles. The van der Waals surface area contributed by atoms with Crippen molar-refractivity contribution in [3.05, 3.63) is 53.7 Å². The van der Waals surface area contributed by atoms with Crippen LogP contribution in [0.25, 0.3) is 5.57 Å². The minimum atomic E-state index is -0.163. The third kappa shape index (κ3) is 4.53. The van der Waals surface area contributed by atoms with Crippen LogP contribution < -0.4 is 0 Å². The zero-order valence-electron chi connectivity index (χ0n) is 20.3. The van der Waals surface area contributed by atoms with E-state index >= 15 is 0 Å². The van der Waals surface area contributed by atoms with E-state index in [0.717, 1.165) is 11.3 Å². The monoisotopic (exact) mass is 438 g/mol. The zero-order chi connectivity index (χ0) is 21.8. The van der Waals surface area contributed by atoms with Gasteiger partial charge in [-0.2, -0.15) is 0 Å². The van der Waals surface area contributed by atoms with Crippen molar-refractivity contribution < 1.29 is 0 Å². The standard InChI is InChI=1S/C28H43N2P/c1-29(2)26-21-14-22-28(30(3)4,27(26)23-15-8-5-9-16-23)31(24-17-10-6-11-18-24)25-19-12-7-13-20-25/h5,8-9,14-16,21,24-25H,6-7,10-13,17-20,22H2,1-4H3. The molecule has 0 spiro atoms. The molecule has 4 rings (SSSR count). The molecule has 0 N–H and O–H groups in total. The number of allylic oxidation sites excluding steroid dienone is 1. The zero-order valence-corrected chi connectivity index (χ0v) is 21.2. The summed E-state index contributed by atoms with van der Waals surface area (Å²) in [6.45, 7) is 0. The summed E-state index contributed by atoms with van der Waals surface area (Å²) in [5.74, 6) is 0. The highest BCUT2D eigenvalue weighted by Crippen LogP contribution is 2.70. The van der Waals surface area contributed by atoms with Gasteiger partial charge in [0.25, 0.3) is 0 Å². The third-order valence-electron chi connectivity index (χ3n) is 7.98. The summed E-state index contributed by atoms with van der Waals surface area (Å²) >= 11 is 0. The van der Waals surface area contributed by atoms with Crippen LogP contribution in [0.4, 0.5) is 0 Å². The van der Waals surface area contributed by atoms with E-state index < -0.39 is 0 Å². The first kappa shape index (κ1) is 23.1. The fourth-order valence-corrected chi connectivity index (χ4v) is 11.5. The van der Waals surface area contributed by atoms with Gasteiger partial charge in [0.05, 0.1) is 5.28 Å². The topological polar surface area (TPSA) is 6.48 Å². The molecule has 2 fully saturated rings. The molecule has 2 nitrogen and oxygen atoms in total. The van der Waals surface area contributed by atoms with Crippen LogP contribution in [0.3, 0.4) is 0 Å². The van der Waals surface area contributed by atoms with E-state index in [2.05, 4.69) is 80.5 Å².